The lowest BCUT2D eigenvalue weighted by molar-refractivity contribution is -0.182. The molecular formula is C16H19F4NO2. The highest BCUT2D eigenvalue weighted by Gasteiger charge is 2.41. The van der Waals surface area contributed by atoms with E-state index >= 15 is 0 Å². The quantitative estimate of drug-likeness (QED) is 0.784. The maximum atomic E-state index is 13.3. The van der Waals surface area contributed by atoms with Crippen LogP contribution < -0.4 is 5.32 Å². The molecule has 128 valence electrons. The van der Waals surface area contributed by atoms with Crippen molar-refractivity contribution in [2.45, 2.75) is 44.6 Å². The van der Waals surface area contributed by atoms with E-state index in [0.717, 1.165) is 25.0 Å². The van der Waals surface area contributed by atoms with Crippen molar-refractivity contribution >= 4 is 11.6 Å². The van der Waals surface area contributed by atoms with E-state index in [9.17, 15) is 22.4 Å². The number of halogens is 4. The minimum Gasteiger partial charge on any atom is -0.378 e. The summed E-state index contributed by atoms with van der Waals surface area (Å²) in [5.41, 5.74) is -0.351. The van der Waals surface area contributed by atoms with Crippen LogP contribution in [0.15, 0.2) is 24.3 Å². The minimum atomic E-state index is -4.96. The lowest BCUT2D eigenvalue weighted by Crippen LogP contribution is -2.33. The number of rotatable bonds is 6. The zero-order valence-corrected chi connectivity index (χ0v) is 12.7. The Bertz CT molecular complexity index is 541. The zero-order chi connectivity index (χ0) is 17.0. The van der Waals surface area contributed by atoms with Crippen LogP contribution in [0.4, 0.5) is 23.2 Å². The second-order valence-electron chi connectivity index (χ2n) is 5.70. The first-order valence-corrected chi connectivity index (χ1v) is 7.51. The number of hydrogen-bond acceptors (Lipinski definition) is 2. The van der Waals surface area contributed by atoms with Crippen LogP contribution >= 0.6 is 0 Å². The monoisotopic (exact) mass is 333 g/mol. The van der Waals surface area contributed by atoms with Crippen molar-refractivity contribution in [3.63, 3.8) is 0 Å². The molecule has 2 rings (SSSR count). The number of carbonyl (C=O) groups is 1. The topological polar surface area (TPSA) is 38.3 Å². The fourth-order valence-electron chi connectivity index (χ4n) is 2.65. The number of ether oxygens (including phenoxy) is 1. The fraction of sp³-hybridized carbons (Fsp3) is 0.562. The average molecular weight is 333 g/mol. The highest BCUT2D eigenvalue weighted by Crippen LogP contribution is 2.37. The Morgan fingerprint density at radius 1 is 1.39 bits per heavy atom. The van der Waals surface area contributed by atoms with Crippen LogP contribution in [0.1, 0.15) is 37.9 Å². The lowest BCUT2D eigenvalue weighted by atomic mass is 9.80. The summed E-state index contributed by atoms with van der Waals surface area (Å²) in [4.78, 5) is 11.9. The number of alkyl halides is 4. The van der Waals surface area contributed by atoms with Gasteiger partial charge < -0.3 is 10.1 Å². The third-order valence-corrected chi connectivity index (χ3v) is 3.82. The third kappa shape index (κ3) is 4.92. The van der Waals surface area contributed by atoms with Crippen LogP contribution in [0.2, 0.25) is 0 Å². The number of nitrogens with one attached hydrogen (secondary N) is 1. The molecule has 1 aromatic carbocycles. The number of benzene rings is 1. The van der Waals surface area contributed by atoms with Gasteiger partial charge in [0.05, 0.1) is 6.10 Å². The molecule has 1 amide bonds. The van der Waals surface area contributed by atoms with Crippen LogP contribution in [-0.4, -0.2) is 24.8 Å². The molecule has 0 spiro atoms. The van der Waals surface area contributed by atoms with Gasteiger partial charge in [0.25, 0.3) is 0 Å². The first-order valence-electron chi connectivity index (χ1n) is 7.51. The van der Waals surface area contributed by atoms with E-state index in [1.807, 2.05) is 6.92 Å². The van der Waals surface area contributed by atoms with Crippen molar-refractivity contribution in [2.24, 2.45) is 5.92 Å². The molecule has 1 aliphatic carbocycles. The van der Waals surface area contributed by atoms with Crippen LogP contribution in [-0.2, 0) is 9.53 Å². The normalized spacial score (nSPS) is 22.3. The van der Waals surface area contributed by atoms with Gasteiger partial charge >= 0.3 is 6.18 Å². The standard InChI is InChI=1S/C16H19F4NO2/c1-2-23-13-6-10(7-13)8-14(22)21-12-5-3-4-11(9-12)15(17)16(18,19)20/h3-5,9-10,13,15H,2,6-8H2,1H3,(H,21,22). The molecule has 7 heteroatoms. The van der Waals surface area contributed by atoms with E-state index in [2.05, 4.69) is 5.32 Å². The summed E-state index contributed by atoms with van der Waals surface area (Å²) in [7, 11) is 0. The second-order valence-corrected chi connectivity index (χ2v) is 5.70. The predicted molar refractivity (Wildman–Crippen MR) is 77.7 cm³/mol. The molecule has 1 unspecified atom stereocenters. The number of amides is 1. The molecule has 1 aliphatic rings. The van der Waals surface area contributed by atoms with Crippen LogP contribution in [0.3, 0.4) is 0 Å². The van der Waals surface area contributed by atoms with Crippen molar-refractivity contribution in [3.05, 3.63) is 29.8 Å². The Labute approximate surface area is 132 Å². The molecule has 1 saturated carbocycles. The molecule has 1 N–H and O–H groups in total. The van der Waals surface area contributed by atoms with E-state index in [-0.39, 0.29) is 30.0 Å². The molecule has 0 aromatic heterocycles. The van der Waals surface area contributed by atoms with E-state index in [4.69, 9.17) is 4.74 Å². The summed E-state index contributed by atoms with van der Waals surface area (Å²) in [6.07, 6.45) is -5.92. The van der Waals surface area contributed by atoms with Crippen molar-refractivity contribution in [1.82, 2.24) is 0 Å². The minimum absolute atomic E-state index is 0.167. The average Bonchev–Trinajstić information content (AvgIpc) is 2.43. The summed E-state index contributed by atoms with van der Waals surface area (Å²) in [6, 6.07) is 4.79. The van der Waals surface area contributed by atoms with Gasteiger partial charge in [0.15, 0.2) is 0 Å². The molecule has 3 nitrogen and oxygen atoms in total. The summed E-state index contributed by atoms with van der Waals surface area (Å²) >= 11 is 0. The van der Waals surface area contributed by atoms with Crippen LogP contribution in [0.5, 0.6) is 0 Å². The highest BCUT2D eigenvalue weighted by molar-refractivity contribution is 5.91. The predicted octanol–water partition coefficient (Wildman–Crippen LogP) is 4.40. The molecule has 1 aromatic rings. The Morgan fingerprint density at radius 2 is 2.09 bits per heavy atom. The fourth-order valence-corrected chi connectivity index (χ4v) is 2.65. The maximum absolute atomic E-state index is 13.3. The van der Waals surface area contributed by atoms with E-state index in [0.29, 0.717) is 6.61 Å². The van der Waals surface area contributed by atoms with Gasteiger partial charge in [0.1, 0.15) is 0 Å². The van der Waals surface area contributed by atoms with E-state index < -0.39 is 17.9 Å². The summed E-state index contributed by atoms with van der Waals surface area (Å²) in [6.45, 7) is 2.55. The molecule has 0 saturated heterocycles. The number of hydrogen-bond donors (Lipinski definition) is 1. The second kappa shape index (κ2) is 7.29. The van der Waals surface area contributed by atoms with Gasteiger partial charge in [-0.15, -0.1) is 0 Å². The molecular weight excluding hydrogens is 314 g/mol. The van der Waals surface area contributed by atoms with E-state index in [1.54, 1.807) is 0 Å². The van der Waals surface area contributed by atoms with Crippen LogP contribution in [0, 0.1) is 5.92 Å². The molecule has 23 heavy (non-hydrogen) atoms. The molecule has 0 radical (unpaired) electrons. The third-order valence-electron chi connectivity index (χ3n) is 3.82. The van der Waals surface area contributed by atoms with Gasteiger partial charge in [-0.25, -0.2) is 4.39 Å². The Hall–Kier alpha value is -1.63. The van der Waals surface area contributed by atoms with Gasteiger partial charge in [-0.3, -0.25) is 4.79 Å². The van der Waals surface area contributed by atoms with Gasteiger partial charge in [-0.1, -0.05) is 12.1 Å². The zero-order valence-electron chi connectivity index (χ0n) is 12.7. The maximum Gasteiger partial charge on any atom is 0.423 e. The molecule has 0 bridgehead atoms. The molecule has 1 fully saturated rings. The highest BCUT2D eigenvalue weighted by atomic mass is 19.4. The van der Waals surface area contributed by atoms with Gasteiger partial charge in [0.2, 0.25) is 12.1 Å². The Balaban J connectivity index is 1.87. The van der Waals surface area contributed by atoms with Crippen molar-refractivity contribution < 1.29 is 27.1 Å². The summed E-state index contributed by atoms with van der Waals surface area (Å²) in [5, 5.41) is 2.52. The SMILES string of the molecule is CCOC1CC(CC(=O)Nc2cccc(C(F)C(F)(F)F)c2)C1. The molecule has 1 atom stereocenters. The van der Waals surface area contributed by atoms with Crippen molar-refractivity contribution in [2.75, 3.05) is 11.9 Å². The van der Waals surface area contributed by atoms with Gasteiger partial charge in [-0.2, -0.15) is 13.2 Å². The number of anilines is 1. The summed E-state index contributed by atoms with van der Waals surface area (Å²) < 4.78 is 55.8. The van der Waals surface area contributed by atoms with E-state index in [1.165, 1.54) is 12.1 Å². The van der Waals surface area contributed by atoms with Crippen LogP contribution in [0.25, 0.3) is 0 Å². The first-order chi connectivity index (χ1) is 10.8. The lowest BCUT2D eigenvalue weighted by Gasteiger charge is -2.34. The smallest absolute Gasteiger partial charge is 0.378 e. The van der Waals surface area contributed by atoms with Crippen molar-refractivity contribution in [1.29, 1.82) is 0 Å². The summed E-state index contributed by atoms with van der Waals surface area (Å²) in [5.74, 6) is -0.0663. The number of carbonyl (C=O) groups excluding carboxylic acids is 1. The first kappa shape index (κ1) is 17.7. The van der Waals surface area contributed by atoms with Crippen molar-refractivity contribution in [3.8, 4) is 0 Å². The Kier molecular flexibility index (Phi) is 5.62. The Morgan fingerprint density at radius 3 is 2.70 bits per heavy atom. The largest absolute Gasteiger partial charge is 0.423 e. The molecule has 0 heterocycles. The van der Waals surface area contributed by atoms with Gasteiger partial charge in [-0.05, 0) is 43.4 Å². The molecule has 0 aliphatic heterocycles. The van der Waals surface area contributed by atoms with Gasteiger partial charge in [0, 0.05) is 18.7 Å².